The zero-order valence-electron chi connectivity index (χ0n) is 20.9. The summed E-state index contributed by atoms with van der Waals surface area (Å²) < 4.78 is 36.4. The third-order valence-electron chi connectivity index (χ3n) is 8.95. The Morgan fingerprint density at radius 1 is 1.09 bits per heavy atom. The number of benzene rings is 2. The van der Waals surface area contributed by atoms with Crippen molar-refractivity contribution < 1.29 is 17.9 Å². The highest BCUT2D eigenvalue weighted by atomic mass is 32.2. The second-order valence-corrected chi connectivity index (χ2v) is 12.7. The van der Waals surface area contributed by atoms with Crippen LogP contribution in [0.1, 0.15) is 55.8 Å². The van der Waals surface area contributed by atoms with Gasteiger partial charge in [-0.05, 0) is 48.3 Å². The number of nitrogens with zero attached hydrogens (tertiary/aromatic N) is 1. The molecule has 2 aromatic carbocycles. The lowest BCUT2D eigenvalue weighted by Gasteiger charge is -2.37. The van der Waals surface area contributed by atoms with Crippen LogP contribution < -0.4 is 9.62 Å². The highest BCUT2D eigenvalue weighted by Crippen LogP contribution is 2.64. The van der Waals surface area contributed by atoms with Crippen LogP contribution in [0.5, 0.6) is 0 Å². The van der Waals surface area contributed by atoms with Crippen molar-refractivity contribution in [1.29, 1.82) is 0 Å². The first-order valence-electron chi connectivity index (χ1n) is 12.7. The monoisotopic (exact) mass is 496 g/mol. The van der Waals surface area contributed by atoms with E-state index in [-0.39, 0.29) is 22.9 Å². The Bertz CT molecular complexity index is 1200. The van der Waals surface area contributed by atoms with Crippen LogP contribution in [0.25, 0.3) is 0 Å². The van der Waals surface area contributed by atoms with E-state index >= 15 is 0 Å². The van der Waals surface area contributed by atoms with Crippen molar-refractivity contribution in [3.05, 3.63) is 65.2 Å². The largest absolute Gasteiger partial charge is 0.378 e. The first-order chi connectivity index (χ1) is 16.6. The molecule has 2 aromatic rings. The molecule has 2 aliphatic carbocycles. The number of Topliss-reactive ketones (excluding diaryl/α,β-unsaturated/α-hetero) is 1. The van der Waals surface area contributed by atoms with Gasteiger partial charge in [0.05, 0.1) is 25.0 Å². The third kappa shape index (κ3) is 4.21. The molecule has 7 heteroatoms. The molecule has 3 atom stereocenters. The summed E-state index contributed by atoms with van der Waals surface area (Å²) in [6.45, 7) is 9.02. The van der Waals surface area contributed by atoms with Crippen LogP contribution in [0.3, 0.4) is 0 Å². The standard InChI is InChI=1S/C28H36N2O4S/c1-20-8-7-11-23(30-14-16-34-17-15-30)25(20)26(21-9-5-4-6-10-21)29-35(32,33)19-28-13-12-22(18-24(28)31)27(28,2)3/h4-11,22,26,29H,12-19H2,1-3H3/t22?,26-,28-/m0/s1. The number of morpholine rings is 1. The highest BCUT2D eigenvalue weighted by Gasteiger charge is 2.65. The lowest BCUT2D eigenvalue weighted by molar-refractivity contribution is -0.128. The molecule has 6 nitrogen and oxygen atoms in total. The predicted octanol–water partition coefficient (Wildman–Crippen LogP) is 4.24. The van der Waals surface area contributed by atoms with E-state index in [0.717, 1.165) is 41.9 Å². The molecule has 2 saturated carbocycles. The lowest BCUT2D eigenvalue weighted by Crippen LogP contribution is -2.46. The van der Waals surface area contributed by atoms with Gasteiger partial charge in [0, 0.05) is 36.2 Å². The van der Waals surface area contributed by atoms with Gasteiger partial charge >= 0.3 is 0 Å². The molecule has 35 heavy (non-hydrogen) atoms. The Labute approximate surface area is 209 Å². The Balaban J connectivity index is 1.54. The van der Waals surface area contributed by atoms with Crippen molar-refractivity contribution in [2.24, 2.45) is 16.7 Å². The fourth-order valence-electron chi connectivity index (χ4n) is 6.71. The fourth-order valence-corrected chi connectivity index (χ4v) is 8.74. The van der Waals surface area contributed by atoms with Gasteiger partial charge in [0.25, 0.3) is 0 Å². The van der Waals surface area contributed by atoms with Crippen LogP contribution in [0.15, 0.2) is 48.5 Å². The maximum absolute atomic E-state index is 13.9. The van der Waals surface area contributed by atoms with Crippen LogP contribution in [-0.4, -0.2) is 46.3 Å². The van der Waals surface area contributed by atoms with Crippen molar-refractivity contribution in [1.82, 2.24) is 4.72 Å². The minimum absolute atomic E-state index is 0.116. The number of ether oxygens (including phenoxy) is 1. The van der Waals surface area contributed by atoms with E-state index in [1.807, 2.05) is 49.4 Å². The number of ketones is 1. The van der Waals surface area contributed by atoms with Crippen LogP contribution in [-0.2, 0) is 19.6 Å². The number of sulfonamides is 1. The average Bonchev–Trinajstić information content (AvgIpc) is 3.18. The molecule has 1 N–H and O–H groups in total. The van der Waals surface area contributed by atoms with Crippen molar-refractivity contribution in [3.8, 4) is 0 Å². The number of hydrogen-bond donors (Lipinski definition) is 1. The molecule has 188 valence electrons. The topological polar surface area (TPSA) is 75.7 Å². The summed E-state index contributed by atoms with van der Waals surface area (Å²) in [5, 5.41) is 0. The summed E-state index contributed by atoms with van der Waals surface area (Å²) in [6.07, 6.45) is 2.09. The van der Waals surface area contributed by atoms with E-state index in [9.17, 15) is 13.2 Å². The number of rotatable bonds is 7. The van der Waals surface area contributed by atoms with Crippen LogP contribution >= 0.6 is 0 Å². The summed E-state index contributed by atoms with van der Waals surface area (Å²) in [4.78, 5) is 15.4. The normalized spacial score (nSPS) is 26.8. The quantitative estimate of drug-likeness (QED) is 0.621. The predicted molar refractivity (Wildman–Crippen MR) is 138 cm³/mol. The van der Waals surface area contributed by atoms with Crippen LogP contribution in [0, 0.1) is 23.7 Å². The van der Waals surface area contributed by atoms with Gasteiger partial charge in [0.2, 0.25) is 10.0 Å². The van der Waals surface area contributed by atoms with Crippen LogP contribution in [0.4, 0.5) is 5.69 Å². The second-order valence-electron chi connectivity index (χ2n) is 11.0. The van der Waals surface area contributed by atoms with E-state index in [1.165, 1.54) is 0 Å². The molecule has 1 unspecified atom stereocenters. The fraction of sp³-hybridized carbons (Fsp3) is 0.536. The number of carbonyl (C=O) groups excluding carboxylic acids is 1. The zero-order valence-corrected chi connectivity index (χ0v) is 21.7. The zero-order chi connectivity index (χ0) is 24.8. The molecule has 2 bridgehead atoms. The number of hydrogen-bond acceptors (Lipinski definition) is 5. The summed E-state index contributed by atoms with van der Waals surface area (Å²) in [7, 11) is -3.79. The van der Waals surface area contributed by atoms with Crippen LogP contribution in [0.2, 0.25) is 0 Å². The average molecular weight is 497 g/mol. The van der Waals surface area contributed by atoms with Gasteiger partial charge in [0.1, 0.15) is 5.78 Å². The van der Waals surface area contributed by atoms with Crippen molar-refractivity contribution in [3.63, 3.8) is 0 Å². The number of carbonyl (C=O) groups is 1. The molecule has 3 aliphatic rings. The summed E-state index contributed by atoms with van der Waals surface area (Å²) >= 11 is 0. The third-order valence-corrected chi connectivity index (χ3v) is 10.4. The van der Waals surface area contributed by atoms with E-state index in [2.05, 4.69) is 29.5 Å². The van der Waals surface area contributed by atoms with Gasteiger partial charge in [-0.1, -0.05) is 56.3 Å². The summed E-state index contributed by atoms with van der Waals surface area (Å²) in [6, 6.07) is 15.3. The number of aryl methyl sites for hydroxylation is 1. The van der Waals surface area contributed by atoms with E-state index < -0.39 is 21.5 Å². The molecule has 0 spiro atoms. The van der Waals surface area contributed by atoms with Gasteiger partial charge < -0.3 is 9.64 Å². The highest BCUT2D eigenvalue weighted by molar-refractivity contribution is 7.89. The van der Waals surface area contributed by atoms with Gasteiger partial charge in [-0.15, -0.1) is 0 Å². The van der Waals surface area contributed by atoms with Gasteiger partial charge in [-0.2, -0.15) is 0 Å². The number of anilines is 1. The Morgan fingerprint density at radius 2 is 1.80 bits per heavy atom. The molecule has 5 rings (SSSR count). The van der Waals surface area contributed by atoms with Crippen molar-refractivity contribution in [2.45, 2.75) is 46.1 Å². The minimum Gasteiger partial charge on any atom is -0.378 e. The lowest BCUT2D eigenvalue weighted by atomic mass is 9.70. The smallest absolute Gasteiger partial charge is 0.213 e. The van der Waals surface area contributed by atoms with Gasteiger partial charge in [-0.25, -0.2) is 13.1 Å². The van der Waals surface area contributed by atoms with Crippen molar-refractivity contribution in [2.75, 3.05) is 37.0 Å². The van der Waals surface area contributed by atoms with Gasteiger partial charge in [0.15, 0.2) is 0 Å². The molecule has 0 radical (unpaired) electrons. The Morgan fingerprint density at radius 3 is 2.43 bits per heavy atom. The van der Waals surface area contributed by atoms with E-state index in [1.54, 1.807) is 0 Å². The summed E-state index contributed by atoms with van der Waals surface area (Å²) in [5.74, 6) is 0.245. The molecular weight excluding hydrogens is 460 g/mol. The molecule has 0 amide bonds. The first kappa shape index (κ1) is 24.5. The molecule has 1 heterocycles. The minimum atomic E-state index is -3.79. The molecule has 1 saturated heterocycles. The van der Waals surface area contributed by atoms with Gasteiger partial charge in [-0.3, -0.25) is 4.79 Å². The molecular formula is C28H36N2O4S. The van der Waals surface area contributed by atoms with Crippen molar-refractivity contribution >= 4 is 21.5 Å². The van der Waals surface area contributed by atoms with E-state index in [4.69, 9.17) is 4.74 Å². The molecule has 3 fully saturated rings. The number of fused-ring (bicyclic) bond motifs is 2. The Hall–Kier alpha value is -2.22. The Kier molecular flexibility index (Phi) is 6.31. The molecule has 1 aliphatic heterocycles. The SMILES string of the molecule is Cc1cccc(N2CCOCC2)c1[C@@H](NS(=O)(=O)C[C@@]12CCC(CC1=O)C2(C)C)c1ccccc1. The van der Waals surface area contributed by atoms with E-state index in [0.29, 0.717) is 26.1 Å². The maximum atomic E-state index is 13.9. The first-order valence-corrected chi connectivity index (χ1v) is 14.3. The summed E-state index contributed by atoms with van der Waals surface area (Å²) in [5.41, 5.74) is 2.80. The molecule has 0 aromatic heterocycles. The number of nitrogens with one attached hydrogen (secondary N) is 1. The second kappa shape index (κ2) is 9.02. The maximum Gasteiger partial charge on any atom is 0.213 e.